The van der Waals surface area contributed by atoms with Crippen LogP contribution in [0, 0.1) is 5.92 Å². The molecule has 0 heterocycles. The third-order valence-corrected chi connectivity index (χ3v) is 7.02. The third kappa shape index (κ3) is 4.19. The van der Waals surface area contributed by atoms with Crippen LogP contribution in [0.2, 0.25) is 0 Å². The first-order valence-corrected chi connectivity index (χ1v) is 9.99. The summed E-state index contributed by atoms with van der Waals surface area (Å²) in [6.07, 6.45) is 4.20. The van der Waals surface area contributed by atoms with Crippen LogP contribution in [0.4, 0.5) is 0 Å². The maximum atomic E-state index is 12.3. The van der Waals surface area contributed by atoms with Gasteiger partial charge in [0.15, 0.2) is 0 Å². The second kappa shape index (κ2) is 7.09. The lowest BCUT2D eigenvalue weighted by Gasteiger charge is -2.27. The summed E-state index contributed by atoms with van der Waals surface area (Å²) in [5.41, 5.74) is 0. The number of alkyl halides is 1. The number of halogens is 3. The van der Waals surface area contributed by atoms with Gasteiger partial charge in [-0.25, -0.2) is 13.1 Å². The zero-order valence-electron chi connectivity index (χ0n) is 10.8. The highest BCUT2D eigenvalue weighted by Crippen LogP contribution is 2.29. The van der Waals surface area contributed by atoms with Crippen LogP contribution in [0.1, 0.15) is 25.7 Å². The lowest BCUT2D eigenvalue weighted by Crippen LogP contribution is -2.34. The van der Waals surface area contributed by atoms with Gasteiger partial charge in [0.05, 0.1) is 4.90 Å². The quantitative estimate of drug-likeness (QED) is 0.703. The van der Waals surface area contributed by atoms with E-state index < -0.39 is 10.0 Å². The van der Waals surface area contributed by atoms with Crippen LogP contribution < -0.4 is 4.72 Å². The first-order chi connectivity index (χ1) is 9.40. The molecule has 0 radical (unpaired) electrons. The van der Waals surface area contributed by atoms with Gasteiger partial charge in [0.2, 0.25) is 10.0 Å². The first kappa shape index (κ1) is 16.7. The van der Waals surface area contributed by atoms with Crippen LogP contribution in [0.25, 0.3) is 0 Å². The van der Waals surface area contributed by atoms with E-state index in [0.29, 0.717) is 11.0 Å². The average molecular weight is 446 g/mol. The van der Waals surface area contributed by atoms with Gasteiger partial charge >= 0.3 is 0 Å². The highest BCUT2D eigenvalue weighted by Gasteiger charge is 2.26. The Morgan fingerprint density at radius 3 is 2.65 bits per heavy atom. The molecule has 0 amide bonds. The Bertz CT molecular complexity index is 580. The number of nitrogens with one attached hydrogen (secondary N) is 1. The third-order valence-electron chi connectivity index (χ3n) is 3.53. The molecule has 3 nitrogen and oxygen atoms in total. The number of rotatable bonds is 4. The van der Waals surface area contributed by atoms with Gasteiger partial charge in [0.1, 0.15) is 0 Å². The summed E-state index contributed by atoms with van der Waals surface area (Å²) in [5.74, 6) is 0.214. The predicted octanol–water partition coefficient (Wildman–Crippen LogP) is 4.29. The standard InChI is InChI=1S/C13H16Br2ClNO2S/c14-10-5-6-11(15)13(7-10)20(18,19)17-8-9-3-1-2-4-12(9)16/h5-7,9,12,17H,1-4,8H2. The van der Waals surface area contributed by atoms with Gasteiger partial charge in [-0.15, -0.1) is 11.6 Å². The molecule has 1 N–H and O–H groups in total. The summed E-state index contributed by atoms with van der Waals surface area (Å²) in [6, 6.07) is 5.09. The van der Waals surface area contributed by atoms with Crippen LogP contribution in [-0.4, -0.2) is 20.3 Å². The zero-order chi connectivity index (χ0) is 14.8. The molecule has 7 heteroatoms. The molecule has 1 aliphatic rings. The normalized spacial score (nSPS) is 23.8. The molecule has 0 saturated heterocycles. The molecular formula is C13H16Br2ClNO2S. The Balaban J connectivity index is 2.09. The van der Waals surface area contributed by atoms with Crippen molar-refractivity contribution < 1.29 is 8.42 Å². The SMILES string of the molecule is O=S(=O)(NCC1CCCCC1Cl)c1cc(Br)ccc1Br. The second-order valence-electron chi connectivity index (χ2n) is 4.99. The zero-order valence-corrected chi connectivity index (χ0v) is 15.5. The highest BCUT2D eigenvalue weighted by atomic mass is 79.9. The van der Waals surface area contributed by atoms with E-state index in [9.17, 15) is 8.42 Å². The molecule has 2 atom stereocenters. The topological polar surface area (TPSA) is 46.2 Å². The van der Waals surface area contributed by atoms with Crippen molar-refractivity contribution in [3.05, 3.63) is 27.1 Å². The van der Waals surface area contributed by atoms with E-state index in [1.807, 2.05) is 0 Å². The van der Waals surface area contributed by atoms with Gasteiger partial charge in [-0.05, 0) is 52.9 Å². The van der Waals surface area contributed by atoms with Gasteiger partial charge in [0.25, 0.3) is 0 Å². The fourth-order valence-corrected chi connectivity index (χ4v) is 5.33. The molecule has 112 valence electrons. The van der Waals surface area contributed by atoms with Crippen molar-refractivity contribution in [3.8, 4) is 0 Å². The maximum absolute atomic E-state index is 12.3. The molecule has 1 fully saturated rings. The van der Waals surface area contributed by atoms with E-state index in [1.165, 1.54) is 0 Å². The Kier molecular flexibility index (Phi) is 5.94. The predicted molar refractivity (Wildman–Crippen MR) is 88.6 cm³/mol. The molecule has 0 aromatic heterocycles. The van der Waals surface area contributed by atoms with E-state index in [2.05, 4.69) is 36.6 Å². The van der Waals surface area contributed by atoms with Gasteiger partial charge < -0.3 is 0 Å². The van der Waals surface area contributed by atoms with Crippen LogP contribution >= 0.6 is 43.5 Å². The molecule has 0 bridgehead atoms. The molecule has 1 saturated carbocycles. The molecule has 1 aromatic rings. The van der Waals surface area contributed by atoms with Crippen molar-refractivity contribution in [2.45, 2.75) is 36.0 Å². The second-order valence-corrected chi connectivity index (χ2v) is 9.05. The van der Waals surface area contributed by atoms with E-state index >= 15 is 0 Å². The Hall–Kier alpha value is 0.380. The highest BCUT2D eigenvalue weighted by molar-refractivity contribution is 9.11. The number of sulfonamides is 1. The van der Waals surface area contributed by atoms with Crippen molar-refractivity contribution in [1.82, 2.24) is 4.72 Å². The van der Waals surface area contributed by atoms with Gasteiger partial charge in [-0.1, -0.05) is 28.8 Å². The van der Waals surface area contributed by atoms with Crippen LogP contribution in [0.15, 0.2) is 32.0 Å². The maximum Gasteiger partial charge on any atom is 0.241 e. The Morgan fingerprint density at radius 1 is 1.25 bits per heavy atom. The molecule has 1 aliphatic carbocycles. The average Bonchev–Trinajstić information content (AvgIpc) is 2.40. The largest absolute Gasteiger partial charge is 0.241 e. The molecule has 1 aromatic carbocycles. The lowest BCUT2D eigenvalue weighted by atomic mass is 9.89. The Labute approximate surface area is 141 Å². The molecule has 2 unspecified atom stereocenters. The van der Waals surface area contributed by atoms with E-state index in [4.69, 9.17) is 11.6 Å². The van der Waals surface area contributed by atoms with Crippen LogP contribution in [-0.2, 0) is 10.0 Å². The minimum absolute atomic E-state index is 0.0670. The summed E-state index contributed by atoms with van der Waals surface area (Å²) in [4.78, 5) is 0.244. The Morgan fingerprint density at radius 2 is 1.95 bits per heavy atom. The first-order valence-electron chi connectivity index (χ1n) is 6.49. The monoisotopic (exact) mass is 443 g/mol. The smallest absolute Gasteiger partial charge is 0.211 e. The van der Waals surface area contributed by atoms with Crippen molar-refractivity contribution in [2.75, 3.05) is 6.54 Å². The molecule has 20 heavy (non-hydrogen) atoms. The molecule has 0 aliphatic heterocycles. The van der Waals surface area contributed by atoms with Crippen molar-refractivity contribution in [2.24, 2.45) is 5.92 Å². The van der Waals surface area contributed by atoms with Gasteiger partial charge in [-0.2, -0.15) is 0 Å². The van der Waals surface area contributed by atoms with Gasteiger partial charge in [-0.3, -0.25) is 0 Å². The van der Waals surface area contributed by atoms with Crippen molar-refractivity contribution in [1.29, 1.82) is 0 Å². The van der Waals surface area contributed by atoms with Crippen LogP contribution in [0.3, 0.4) is 0 Å². The van der Waals surface area contributed by atoms with Crippen molar-refractivity contribution >= 4 is 53.5 Å². The number of hydrogen-bond acceptors (Lipinski definition) is 2. The van der Waals surface area contributed by atoms with E-state index in [-0.39, 0.29) is 16.2 Å². The molecular weight excluding hydrogens is 429 g/mol. The summed E-state index contributed by atoms with van der Waals surface area (Å²) in [6.45, 7) is 0.398. The molecule has 0 spiro atoms. The summed E-state index contributed by atoms with van der Waals surface area (Å²) in [5, 5.41) is 0.0670. The number of benzene rings is 1. The van der Waals surface area contributed by atoms with Crippen LogP contribution in [0.5, 0.6) is 0 Å². The van der Waals surface area contributed by atoms with E-state index in [0.717, 1.165) is 30.2 Å². The fourth-order valence-electron chi connectivity index (χ4n) is 2.37. The summed E-state index contributed by atoms with van der Waals surface area (Å²) < 4.78 is 28.7. The lowest BCUT2D eigenvalue weighted by molar-refractivity contribution is 0.364. The van der Waals surface area contributed by atoms with Crippen molar-refractivity contribution in [3.63, 3.8) is 0 Å². The van der Waals surface area contributed by atoms with Gasteiger partial charge in [0, 0.05) is 20.9 Å². The van der Waals surface area contributed by atoms with E-state index in [1.54, 1.807) is 18.2 Å². The minimum atomic E-state index is -3.52. The molecule has 2 rings (SSSR count). The number of hydrogen-bond donors (Lipinski definition) is 1. The summed E-state index contributed by atoms with van der Waals surface area (Å²) in [7, 11) is -3.52. The summed E-state index contributed by atoms with van der Waals surface area (Å²) >= 11 is 12.8. The fraction of sp³-hybridized carbons (Fsp3) is 0.538. The minimum Gasteiger partial charge on any atom is -0.211 e.